The topological polar surface area (TPSA) is 62.2 Å². The van der Waals surface area contributed by atoms with Crippen molar-refractivity contribution in [2.75, 3.05) is 0 Å². The van der Waals surface area contributed by atoms with Crippen LogP contribution in [0.5, 0.6) is 0 Å². The molecule has 1 aromatic carbocycles. The van der Waals surface area contributed by atoms with Crippen molar-refractivity contribution < 1.29 is 14.3 Å². The molecule has 2 N–H and O–H groups in total. The maximum atomic E-state index is 13.8. The molecule has 0 bridgehead atoms. The average Bonchev–Trinajstić information content (AvgIpc) is 2.74. The van der Waals surface area contributed by atoms with Crippen molar-refractivity contribution in [1.82, 2.24) is 10.3 Å². The van der Waals surface area contributed by atoms with Crippen LogP contribution in [0.25, 0.3) is 10.9 Å². The maximum absolute atomic E-state index is 13.8. The van der Waals surface area contributed by atoms with Crippen LogP contribution in [0.2, 0.25) is 0 Å². The lowest BCUT2D eigenvalue weighted by Crippen LogP contribution is -2.43. The summed E-state index contributed by atoms with van der Waals surface area (Å²) in [4.78, 5) is 17.0. The van der Waals surface area contributed by atoms with E-state index in [2.05, 4.69) is 17.2 Å². The van der Waals surface area contributed by atoms with E-state index >= 15 is 0 Å². The minimum absolute atomic E-state index is 0.0512. The molecule has 1 heterocycles. The lowest BCUT2D eigenvalue weighted by Gasteiger charge is -2.34. The first kappa shape index (κ1) is 20.3. The Morgan fingerprint density at radius 3 is 2.55 bits per heavy atom. The number of aliphatic hydroxyl groups is 1. The number of amides is 1. The van der Waals surface area contributed by atoms with Crippen LogP contribution in [0, 0.1) is 17.7 Å². The summed E-state index contributed by atoms with van der Waals surface area (Å²) in [5, 5.41) is 13.8. The molecule has 4 rings (SSSR count). The largest absolute Gasteiger partial charge is 0.393 e. The normalized spacial score (nSPS) is 28.8. The van der Waals surface area contributed by atoms with Gasteiger partial charge in [-0.1, -0.05) is 0 Å². The van der Waals surface area contributed by atoms with Gasteiger partial charge in [0.15, 0.2) is 0 Å². The summed E-state index contributed by atoms with van der Waals surface area (Å²) in [7, 11) is 0. The van der Waals surface area contributed by atoms with E-state index in [0.717, 1.165) is 62.3 Å². The second-order valence-electron chi connectivity index (χ2n) is 8.98. The Bertz CT molecular complexity index is 855. The van der Waals surface area contributed by atoms with Gasteiger partial charge < -0.3 is 10.4 Å². The molecule has 0 saturated heterocycles. The number of carbonyl (C=O) groups is 1. The Kier molecular flexibility index (Phi) is 6.14. The quantitative estimate of drug-likeness (QED) is 0.784. The molecule has 4 nitrogen and oxygen atoms in total. The molecule has 0 radical (unpaired) electrons. The highest BCUT2D eigenvalue weighted by Gasteiger charge is 2.30. The maximum Gasteiger partial charge on any atom is 0.223 e. The Morgan fingerprint density at radius 1 is 1.10 bits per heavy atom. The molecule has 0 spiro atoms. The molecule has 1 atom stereocenters. The van der Waals surface area contributed by atoms with E-state index in [-0.39, 0.29) is 29.8 Å². The first-order chi connectivity index (χ1) is 14.0. The SMILES string of the molecule is CC(NC(=O)[C@H]1CC[C@@H](O)CC1)[C@H]1CC[C@@H](c2ccnc3ccc(F)cc32)CC1. The molecule has 2 saturated carbocycles. The smallest absolute Gasteiger partial charge is 0.223 e. The number of nitrogens with zero attached hydrogens (tertiary/aromatic N) is 1. The predicted molar refractivity (Wildman–Crippen MR) is 112 cm³/mol. The van der Waals surface area contributed by atoms with Gasteiger partial charge in [0.05, 0.1) is 11.6 Å². The molecular formula is C24H31FN2O2. The van der Waals surface area contributed by atoms with Gasteiger partial charge in [-0.05, 0) is 100.0 Å². The zero-order valence-corrected chi connectivity index (χ0v) is 17.1. The van der Waals surface area contributed by atoms with Crippen LogP contribution in [-0.4, -0.2) is 28.1 Å². The van der Waals surface area contributed by atoms with Crippen LogP contribution >= 0.6 is 0 Å². The highest BCUT2D eigenvalue weighted by molar-refractivity contribution is 5.82. The van der Waals surface area contributed by atoms with Crippen LogP contribution in [0.3, 0.4) is 0 Å². The zero-order chi connectivity index (χ0) is 20.4. The molecule has 2 fully saturated rings. The molecular weight excluding hydrogens is 367 g/mol. The monoisotopic (exact) mass is 398 g/mol. The van der Waals surface area contributed by atoms with Crippen molar-refractivity contribution >= 4 is 16.8 Å². The third-order valence-corrected chi connectivity index (χ3v) is 7.09. The van der Waals surface area contributed by atoms with Crippen LogP contribution in [0.1, 0.15) is 69.8 Å². The van der Waals surface area contributed by atoms with Gasteiger partial charge in [-0.25, -0.2) is 4.39 Å². The van der Waals surface area contributed by atoms with E-state index in [9.17, 15) is 14.3 Å². The molecule has 2 aliphatic carbocycles. The summed E-state index contributed by atoms with van der Waals surface area (Å²) in [6, 6.07) is 7.03. The van der Waals surface area contributed by atoms with E-state index < -0.39 is 0 Å². The van der Waals surface area contributed by atoms with Crippen molar-refractivity contribution in [3.63, 3.8) is 0 Å². The van der Waals surface area contributed by atoms with E-state index in [1.807, 2.05) is 12.3 Å². The minimum Gasteiger partial charge on any atom is -0.393 e. The molecule has 2 aliphatic rings. The number of aliphatic hydroxyl groups excluding tert-OH is 1. The van der Waals surface area contributed by atoms with E-state index in [1.165, 1.54) is 11.6 Å². The van der Waals surface area contributed by atoms with Gasteiger partial charge in [-0.3, -0.25) is 9.78 Å². The first-order valence-corrected chi connectivity index (χ1v) is 11.0. The Labute approximate surface area is 171 Å². The van der Waals surface area contributed by atoms with Gasteiger partial charge in [0.2, 0.25) is 5.91 Å². The zero-order valence-electron chi connectivity index (χ0n) is 17.1. The molecule has 5 heteroatoms. The molecule has 1 unspecified atom stereocenters. The summed E-state index contributed by atoms with van der Waals surface area (Å²) in [6.07, 6.45) is 8.87. The number of halogens is 1. The third kappa shape index (κ3) is 4.61. The fourth-order valence-electron chi connectivity index (χ4n) is 5.22. The van der Waals surface area contributed by atoms with Crippen molar-refractivity contribution in [3.8, 4) is 0 Å². The number of hydrogen-bond donors (Lipinski definition) is 2. The number of fused-ring (bicyclic) bond motifs is 1. The number of carbonyl (C=O) groups excluding carboxylic acids is 1. The molecule has 1 amide bonds. The van der Waals surface area contributed by atoms with Gasteiger partial charge in [0.25, 0.3) is 0 Å². The Balaban J connectivity index is 1.35. The number of pyridine rings is 1. The summed E-state index contributed by atoms with van der Waals surface area (Å²) in [5.41, 5.74) is 2.05. The fourth-order valence-corrected chi connectivity index (χ4v) is 5.22. The van der Waals surface area contributed by atoms with Gasteiger partial charge in [-0.15, -0.1) is 0 Å². The summed E-state index contributed by atoms with van der Waals surface area (Å²) < 4.78 is 13.8. The van der Waals surface area contributed by atoms with Crippen LogP contribution in [0.4, 0.5) is 4.39 Å². The van der Waals surface area contributed by atoms with Crippen LogP contribution in [-0.2, 0) is 4.79 Å². The molecule has 156 valence electrons. The predicted octanol–water partition coefficient (Wildman–Crippen LogP) is 4.70. The van der Waals surface area contributed by atoms with Gasteiger partial charge in [-0.2, -0.15) is 0 Å². The highest BCUT2D eigenvalue weighted by Crippen LogP contribution is 2.39. The second-order valence-corrected chi connectivity index (χ2v) is 8.98. The van der Waals surface area contributed by atoms with Crippen molar-refractivity contribution in [3.05, 3.63) is 41.8 Å². The summed E-state index contributed by atoms with van der Waals surface area (Å²) >= 11 is 0. The number of benzene rings is 1. The molecule has 29 heavy (non-hydrogen) atoms. The van der Waals surface area contributed by atoms with Crippen molar-refractivity contribution in [1.29, 1.82) is 0 Å². The molecule has 2 aromatic rings. The molecule has 0 aliphatic heterocycles. The van der Waals surface area contributed by atoms with Gasteiger partial charge in [0.1, 0.15) is 5.82 Å². The van der Waals surface area contributed by atoms with Gasteiger partial charge >= 0.3 is 0 Å². The minimum atomic E-state index is -0.232. The number of rotatable bonds is 4. The Hall–Kier alpha value is -2.01. The first-order valence-electron chi connectivity index (χ1n) is 11.0. The van der Waals surface area contributed by atoms with Crippen molar-refractivity contribution in [2.45, 2.75) is 76.4 Å². The van der Waals surface area contributed by atoms with Crippen LogP contribution < -0.4 is 5.32 Å². The highest BCUT2D eigenvalue weighted by atomic mass is 19.1. The van der Waals surface area contributed by atoms with Crippen LogP contribution in [0.15, 0.2) is 30.5 Å². The number of hydrogen-bond acceptors (Lipinski definition) is 3. The second kappa shape index (κ2) is 8.78. The standard InChI is InChI=1S/C24H31FN2O2/c1-15(27-24(29)18-6-9-20(28)10-7-18)16-2-4-17(5-3-16)21-12-13-26-23-11-8-19(25)14-22(21)23/h8,11-18,20,28H,2-7,9-10H2,1H3,(H,27,29)/t15?,16-,17+,18-,20+. The summed E-state index contributed by atoms with van der Waals surface area (Å²) in [5.74, 6) is 0.889. The van der Waals surface area contributed by atoms with E-state index in [0.29, 0.717) is 11.8 Å². The average molecular weight is 399 g/mol. The van der Waals surface area contributed by atoms with Crippen molar-refractivity contribution in [2.24, 2.45) is 11.8 Å². The number of aromatic nitrogens is 1. The van der Waals surface area contributed by atoms with E-state index in [4.69, 9.17) is 0 Å². The van der Waals surface area contributed by atoms with Gasteiger partial charge in [0, 0.05) is 23.5 Å². The lowest BCUT2D eigenvalue weighted by atomic mass is 9.75. The lowest BCUT2D eigenvalue weighted by molar-refractivity contribution is -0.127. The number of nitrogens with one attached hydrogen (secondary N) is 1. The fraction of sp³-hybridized carbons (Fsp3) is 0.583. The summed E-state index contributed by atoms with van der Waals surface area (Å²) in [6.45, 7) is 2.12. The van der Waals surface area contributed by atoms with E-state index in [1.54, 1.807) is 12.1 Å². The Morgan fingerprint density at radius 2 is 1.83 bits per heavy atom. The molecule has 1 aromatic heterocycles. The third-order valence-electron chi connectivity index (χ3n) is 7.09.